The van der Waals surface area contributed by atoms with E-state index in [1.807, 2.05) is 25.1 Å². The predicted molar refractivity (Wildman–Crippen MR) is 101 cm³/mol. The molecule has 8 nitrogen and oxygen atoms in total. The number of ether oxygens (including phenoxy) is 3. The van der Waals surface area contributed by atoms with Gasteiger partial charge in [0.15, 0.2) is 5.82 Å². The average Bonchev–Trinajstić information content (AvgIpc) is 3.15. The van der Waals surface area contributed by atoms with E-state index in [4.69, 9.17) is 14.2 Å². The Kier molecular flexibility index (Phi) is 5.63. The summed E-state index contributed by atoms with van der Waals surface area (Å²) in [6, 6.07) is 8.81. The molecule has 0 N–H and O–H groups in total. The molecule has 1 aliphatic heterocycles. The van der Waals surface area contributed by atoms with Crippen LogP contribution in [-0.2, 0) is 0 Å². The molecule has 0 spiro atoms. The highest BCUT2D eigenvalue weighted by atomic mass is 16.5. The van der Waals surface area contributed by atoms with Gasteiger partial charge in [0, 0.05) is 44.8 Å². The summed E-state index contributed by atoms with van der Waals surface area (Å²) in [4.78, 5) is 16.5. The summed E-state index contributed by atoms with van der Waals surface area (Å²) in [5.74, 6) is 2.31. The van der Waals surface area contributed by atoms with Crippen LogP contribution in [0.5, 0.6) is 17.4 Å². The maximum Gasteiger partial charge on any atom is 0.254 e. The Hall–Kier alpha value is -3.03. The van der Waals surface area contributed by atoms with E-state index in [1.54, 1.807) is 43.4 Å². The Balaban J connectivity index is 1.64. The summed E-state index contributed by atoms with van der Waals surface area (Å²) in [5.41, 5.74) is 0.530. The van der Waals surface area contributed by atoms with Crippen LogP contribution in [0.2, 0.25) is 0 Å². The third-order valence-electron chi connectivity index (χ3n) is 4.40. The Morgan fingerprint density at radius 2 is 1.81 bits per heavy atom. The first-order chi connectivity index (χ1) is 13.0. The molecule has 1 unspecified atom stereocenters. The Morgan fingerprint density at radius 1 is 1.11 bits per heavy atom. The second-order valence-electron chi connectivity index (χ2n) is 6.51. The second kappa shape index (κ2) is 8.11. The summed E-state index contributed by atoms with van der Waals surface area (Å²) >= 11 is 0. The lowest BCUT2D eigenvalue weighted by Gasteiger charge is -2.18. The smallest absolute Gasteiger partial charge is 0.254 e. The molecular formula is C19H24N4O4. The van der Waals surface area contributed by atoms with Crippen LogP contribution in [0, 0.1) is 0 Å². The average molecular weight is 372 g/mol. The van der Waals surface area contributed by atoms with E-state index in [-0.39, 0.29) is 12.0 Å². The van der Waals surface area contributed by atoms with Crippen molar-refractivity contribution >= 4 is 11.7 Å². The number of anilines is 1. The largest absolute Gasteiger partial charge is 0.497 e. The number of hydrogen-bond acceptors (Lipinski definition) is 7. The lowest BCUT2D eigenvalue weighted by Crippen LogP contribution is -2.31. The summed E-state index contributed by atoms with van der Waals surface area (Å²) < 4.78 is 16.4. The molecule has 1 amide bonds. The standard InChI is InChI=1S/C19H24N4O4/c1-22(2)17-5-6-18(21-20-17)27-14-7-8-23(12-14)19(24)13-9-15(25-3)11-16(10-13)26-4/h5-6,9-11,14H,7-8,12H2,1-4H3. The number of rotatable bonds is 6. The van der Waals surface area contributed by atoms with E-state index in [0.717, 1.165) is 12.2 Å². The van der Waals surface area contributed by atoms with Gasteiger partial charge in [-0.1, -0.05) is 0 Å². The fraction of sp³-hybridized carbons (Fsp3) is 0.421. The maximum absolute atomic E-state index is 12.8. The third kappa shape index (κ3) is 4.39. The van der Waals surface area contributed by atoms with Gasteiger partial charge in [-0.25, -0.2) is 0 Å². The number of carbonyl (C=O) groups excluding carboxylic acids is 1. The van der Waals surface area contributed by atoms with Crippen molar-refractivity contribution in [2.24, 2.45) is 0 Å². The molecule has 1 atom stereocenters. The van der Waals surface area contributed by atoms with Crippen LogP contribution in [0.4, 0.5) is 5.82 Å². The maximum atomic E-state index is 12.8. The van der Waals surface area contributed by atoms with Crippen LogP contribution < -0.4 is 19.1 Å². The first-order valence-corrected chi connectivity index (χ1v) is 8.70. The van der Waals surface area contributed by atoms with Gasteiger partial charge in [0.2, 0.25) is 5.88 Å². The molecule has 8 heteroatoms. The second-order valence-corrected chi connectivity index (χ2v) is 6.51. The van der Waals surface area contributed by atoms with Crippen molar-refractivity contribution in [2.75, 3.05) is 46.3 Å². The minimum absolute atomic E-state index is 0.0765. The van der Waals surface area contributed by atoms with E-state index < -0.39 is 0 Å². The zero-order valence-electron chi connectivity index (χ0n) is 16.0. The summed E-state index contributed by atoms with van der Waals surface area (Å²) in [5, 5.41) is 8.19. The van der Waals surface area contributed by atoms with Crippen LogP contribution in [0.1, 0.15) is 16.8 Å². The Bertz CT molecular complexity index is 773. The SMILES string of the molecule is COc1cc(OC)cc(C(=O)N2CCC(Oc3ccc(N(C)C)nn3)C2)c1. The fourth-order valence-corrected chi connectivity index (χ4v) is 2.91. The van der Waals surface area contributed by atoms with Gasteiger partial charge in [0.05, 0.1) is 20.8 Å². The molecule has 2 heterocycles. The van der Waals surface area contributed by atoms with Gasteiger partial charge in [-0.2, -0.15) is 0 Å². The summed E-state index contributed by atoms with van der Waals surface area (Å²) in [6.45, 7) is 1.11. The van der Waals surface area contributed by atoms with Gasteiger partial charge in [-0.05, 0) is 18.2 Å². The van der Waals surface area contributed by atoms with Gasteiger partial charge in [-0.15, -0.1) is 10.2 Å². The molecule has 27 heavy (non-hydrogen) atoms. The van der Waals surface area contributed by atoms with Crippen molar-refractivity contribution in [1.29, 1.82) is 0 Å². The van der Waals surface area contributed by atoms with Gasteiger partial charge in [0.1, 0.15) is 17.6 Å². The molecule has 3 rings (SSSR count). The molecule has 0 bridgehead atoms. The third-order valence-corrected chi connectivity index (χ3v) is 4.40. The van der Waals surface area contributed by atoms with Gasteiger partial charge < -0.3 is 24.0 Å². The number of nitrogens with zero attached hydrogens (tertiary/aromatic N) is 4. The van der Waals surface area contributed by atoms with Gasteiger partial charge in [-0.3, -0.25) is 4.79 Å². The molecule has 0 saturated carbocycles. The van der Waals surface area contributed by atoms with E-state index in [9.17, 15) is 4.79 Å². The van der Waals surface area contributed by atoms with Gasteiger partial charge >= 0.3 is 0 Å². The highest BCUT2D eigenvalue weighted by Gasteiger charge is 2.29. The van der Waals surface area contributed by atoms with Crippen LogP contribution in [0.3, 0.4) is 0 Å². The molecular weight excluding hydrogens is 348 g/mol. The fourth-order valence-electron chi connectivity index (χ4n) is 2.91. The molecule has 2 aromatic rings. The Morgan fingerprint density at radius 3 is 2.37 bits per heavy atom. The lowest BCUT2D eigenvalue weighted by molar-refractivity contribution is 0.0770. The quantitative estimate of drug-likeness (QED) is 0.766. The van der Waals surface area contributed by atoms with E-state index >= 15 is 0 Å². The number of benzene rings is 1. The first kappa shape index (κ1) is 18.8. The molecule has 144 valence electrons. The topological polar surface area (TPSA) is 77.0 Å². The number of aromatic nitrogens is 2. The highest BCUT2D eigenvalue weighted by molar-refractivity contribution is 5.95. The van der Waals surface area contributed by atoms with Gasteiger partial charge in [0.25, 0.3) is 5.91 Å². The number of hydrogen-bond donors (Lipinski definition) is 0. The first-order valence-electron chi connectivity index (χ1n) is 8.70. The van der Waals surface area contributed by atoms with Crippen molar-refractivity contribution in [3.63, 3.8) is 0 Å². The van der Waals surface area contributed by atoms with E-state index in [0.29, 0.717) is 36.0 Å². The van der Waals surface area contributed by atoms with Crippen LogP contribution in [0.15, 0.2) is 30.3 Å². The minimum Gasteiger partial charge on any atom is -0.497 e. The predicted octanol–water partition coefficient (Wildman–Crippen LogP) is 1.85. The lowest BCUT2D eigenvalue weighted by atomic mass is 10.1. The van der Waals surface area contributed by atoms with Crippen LogP contribution in [-0.4, -0.2) is 68.5 Å². The Labute approximate surface area is 158 Å². The van der Waals surface area contributed by atoms with Crippen LogP contribution in [0.25, 0.3) is 0 Å². The van der Waals surface area contributed by atoms with E-state index in [2.05, 4.69) is 10.2 Å². The number of carbonyl (C=O) groups is 1. The number of likely N-dealkylation sites (tertiary alicyclic amines) is 1. The normalized spacial score (nSPS) is 16.1. The molecule has 1 fully saturated rings. The monoisotopic (exact) mass is 372 g/mol. The highest BCUT2D eigenvalue weighted by Crippen LogP contribution is 2.25. The molecule has 0 radical (unpaired) electrons. The van der Waals surface area contributed by atoms with E-state index in [1.165, 1.54) is 0 Å². The van der Waals surface area contributed by atoms with Crippen LogP contribution >= 0.6 is 0 Å². The zero-order valence-corrected chi connectivity index (χ0v) is 16.0. The minimum atomic E-state index is -0.110. The number of methoxy groups -OCH3 is 2. The van der Waals surface area contributed by atoms with Crippen molar-refractivity contribution in [3.8, 4) is 17.4 Å². The van der Waals surface area contributed by atoms with Crippen molar-refractivity contribution < 1.29 is 19.0 Å². The zero-order chi connectivity index (χ0) is 19.4. The molecule has 1 aromatic carbocycles. The summed E-state index contributed by atoms with van der Waals surface area (Å²) in [7, 11) is 6.92. The van der Waals surface area contributed by atoms with Crippen molar-refractivity contribution in [2.45, 2.75) is 12.5 Å². The van der Waals surface area contributed by atoms with Crippen molar-refractivity contribution in [1.82, 2.24) is 15.1 Å². The molecule has 1 aromatic heterocycles. The summed E-state index contributed by atoms with van der Waals surface area (Å²) in [6.07, 6.45) is 0.630. The van der Waals surface area contributed by atoms with Crippen molar-refractivity contribution in [3.05, 3.63) is 35.9 Å². The molecule has 1 aliphatic rings. The molecule has 1 saturated heterocycles. The molecule has 0 aliphatic carbocycles. The number of amides is 1.